The normalized spacial score (nSPS) is 19.0. The van der Waals surface area contributed by atoms with Crippen LogP contribution in [-0.4, -0.2) is 53.7 Å². The van der Waals surface area contributed by atoms with Gasteiger partial charge in [-0.05, 0) is 24.5 Å². The number of rotatable bonds is 5. The van der Waals surface area contributed by atoms with Crippen LogP contribution in [0.5, 0.6) is 0 Å². The topological polar surface area (TPSA) is 110 Å². The molecule has 0 aromatic carbocycles. The fourth-order valence-electron chi connectivity index (χ4n) is 2.90. The van der Waals surface area contributed by atoms with Crippen molar-refractivity contribution in [3.05, 3.63) is 35.9 Å². The molecule has 2 amide bonds. The summed E-state index contributed by atoms with van der Waals surface area (Å²) in [5.74, 6) is -0.465. The van der Waals surface area contributed by atoms with Gasteiger partial charge < -0.3 is 10.6 Å². The van der Waals surface area contributed by atoms with Crippen LogP contribution >= 0.6 is 0 Å². The van der Waals surface area contributed by atoms with Gasteiger partial charge in [-0.25, -0.2) is 13.4 Å². The van der Waals surface area contributed by atoms with E-state index in [1.165, 1.54) is 0 Å². The number of hydrogen-bond donors (Lipinski definition) is 2. The molecule has 1 aliphatic rings. The maximum atomic E-state index is 12.6. The first-order chi connectivity index (χ1) is 12.3. The predicted molar refractivity (Wildman–Crippen MR) is 96.9 cm³/mol. The van der Waals surface area contributed by atoms with Crippen LogP contribution in [0.1, 0.15) is 41.4 Å². The number of pyridine rings is 1. The molecule has 0 radical (unpaired) electrons. The molecule has 0 saturated carbocycles. The fraction of sp³-hybridized carbons (Fsp3) is 0.471. The SMILES string of the molecule is CC(C)CNC(=O)c1nc(C(=O)NC2CCS(=O)(=O)C2)n2ccccc12. The summed E-state index contributed by atoms with van der Waals surface area (Å²) in [7, 11) is -3.10. The predicted octanol–water partition coefficient (Wildman–Crippen LogP) is 0.637. The Bertz CT molecular complexity index is 949. The summed E-state index contributed by atoms with van der Waals surface area (Å²) in [6, 6.07) is 4.79. The highest BCUT2D eigenvalue weighted by Crippen LogP contribution is 2.15. The van der Waals surface area contributed by atoms with E-state index >= 15 is 0 Å². The number of carbonyl (C=O) groups is 2. The van der Waals surface area contributed by atoms with Crippen molar-refractivity contribution in [3.8, 4) is 0 Å². The maximum Gasteiger partial charge on any atom is 0.287 e. The second-order valence-electron chi connectivity index (χ2n) is 6.92. The molecular weight excluding hydrogens is 356 g/mol. The van der Waals surface area contributed by atoms with Crippen molar-refractivity contribution >= 4 is 27.2 Å². The largest absolute Gasteiger partial charge is 0.350 e. The zero-order valence-electron chi connectivity index (χ0n) is 14.7. The van der Waals surface area contributed by atoms with E-state index in [9.17, 15) is 18.0 Å². The summed E-state index contributed by atoms with van der Waals surface area (Å²) < 4.78 is 24.7. The quantitative estimate of drug-likeness (QED) is 0.793. The van der Waals surface area contributed by atoms with Gasteiger partial charge >= 0.3 is 0 Å². The molecule has 0 aliphatic carbocycles. The van der Waals surface area contributed by atoms with E-state index in [0.29, 0.717) is 24.4 Å². The van der Waals surface area contributed by atoms with E-state index in [1.807, 2.05) is 13.8 Å². The molecule has 1 unspecified atom stereocenters. The number of carbonyl (C=O) groups excluding carboxylic acids is 2. The Kier molecular flexibility index (Phi) is 4.99. The van der Waals surface area contributed by atoms with Gasteiger partial charge in [-0.3, -0.25) is 14.0 Å². The third kappa shape index (κ3) is 3.87. The van der Waals surface area contributed by atoms with E-state index < -0.39 is 21.8 Å². The highest BCUT2D eigenvalue weighted by molar-refractivity contribution is 7.91. The van der Waals surface area contributed by atoms with Crippen LogP contribution in [-0.2, 0) is 9.84 Å². The van der Waals surface area contributed by atoms with Crippen LogP contribution in [0.4, 0.5) is 0 Å². The van der Waals surface area contributed by atoms with E-state index in [4.69, 9.17) is 0 Å². The first-order valence-electron chi connectivity index (χ1n) is 8.53. The lowest BCUT2D eigenvalue weighted by Gasteiger charge is -2.09. The van der Waals surface area contributed by atoms with Crippen LogP contribution in [0, 0.1) is 5.92 Å². The van der Waals surface area contributed by atoms with Gasteiger partial charge in [0.25, 0.3) is 11.8 Å². The number of sulfone groups is 1. The molecule has 9 heteroatoms. The lowest BCUT2D eigenvalue weighted by molar-refractivity contribution is 0.0930. The van der Waals surface area contributed by atoms with Crippen molar-refractivity contribution in [2.75, 3.05) is 18.1 Å². The Labute approximate surface area is 151 Å². The third-order valence-corrected chi connectivity index (χ3v) is 5.97. The molecule has 1 saturated heterocycles. The molecule has 8 nitrogen and oxygen atoms in total. The van der Waals surface area contributed by atoms with Crippen LogP contribution in [0.15, 0.2) is 24.4 Å². The first-order valence-corrected chi connectivity index (χ1v) is 10.4. The maximum absolute atomic E-state index is 12.6. The Hall–Kier alpha value is -2.42. The van der Waals surface area contributed by atoms with E-state index in [2.05, 4.69) is 15.6 Å². The zero-order valence-corrected chi connectivity index (χ0v) is 15.5. The lowest BCUT2D eigenvalue weighted by Crippen LogP contribution is -2.36. The van der Waals surface area contributed by atoms with Crippen LogP contribution in [0.2, 0.25) is 0 Å². The summed E-state index contributed by atoms with van der Waals surface area (Å²) in [6.07, 6.45) is 2.04. The number of imidazole rings is 1. The average Bonchev–Trinajstić information content (AvgIpc) is 3.12. The molecule has 0 spiro atoms. The smallest absolute Gasteiger partial charge is 0.287 e. The second kappa shape index (κ2) is 7.06. The van der Waals surface area contributed by atoms with E-state index in [-0.39, 0.29) is 28.9 Å². The van der Waals surface area contributed by atoms with Crippen molar-refractivity contribution in [1.82, 2.24) is 20.0 Å². The highest BCUT2D eigenvalue weighted by atomic mass is 32.2. The fourth-order valence-corrected chi connectivity index (χ4v) is 4.58. The summed E-state index contributed by atoms with van der Waals surface area (Å²) in [4.78, 5) is 29.3. The number of fused-ring (bicyclic) bond motifs is 1. The molecule has 140 valence electrons. The minimum atomic E-state index is -3.10. The van der Waals surface area contributed by atoms with Gasteiger partial charge in [-0.1, -0.05) is 19.9 Å². The lowest BCUT2D eigenvalue weighted by atomic mass is 10.2. The molecule has 2 aromatic rings. The molecule has 3 rings (SSSR count). The van der Waals surface area contributed by atoms with Crippen LogP contribution < -0.4 is 10.6 Å². The number of hydrogen-bond acceptors (Lipinski definition) is 5. The Morgan fingerprint density at radius 3 is 2.73 bits per heavy atom. The second-order valence-corrected chi connectivity index (χ2v) is 9.15. The molecule has 2 aromatic heterocycles. The number of nitrogens with one attached hydrogen (secondary N) is 2. The van der Waals surface area contributed by atoms with Crippen molar-refractivity contribution in [2.24, 2.45) is 5.92 Å². The minimum absolute atomic E-state index is 0.0657. The highest BCUT2D eigenvalue weighted by Gasteiger charge is 2.30. The third-order valence-electron chi connectivity index (χ3n) is 4.21. The van der Waals surface area contributed by atoms with E-state index in [1.54, 1.807) is 28.8 Å². The van der Waals surface area contributed by atoms with Crippen molar-refractivity contribution in [1.29, 1.82) is 0 Å². The Balaban J connectivity index is 1.86. The number of nitrogens with zero attached hydrogens (tertiary/aromatic N) is 2. The summed E-state index contributed by atoms with van der Waals surface area (Å²) in [6.45, 7) is 4.48. The molecule has 1 aliphatic heterocycles. The van der Waals surface area contributed by atoms with Gasteiger partial charge in [0.15, 0.2) is 15.5 Å². The molecular formula is C17H22N4O4S. The standard InChI is InChI=1S/C17H22N4O4S/c1-11(2)9-18-16(22)14-13-5-3-4-7-21(13)15(20-14)17(23)19-12-6-8-26(24,25)10-12/h3-5,7,11-12H,6,8-10H2,1-2H3,(H,18,22)(H,19,23). The van der Waals surface area contributed by atoms with Gasteiger partial charge in [0.2, 0.25) is 5.82 Å². The van der Waals surface area contributed by atoms with Crippen LogP contribution in [0.25, 0.3) is 5.52 Å². The first kappa shape index (κ1) is 18.4. The summed E-state index contributed by atoms with van der Waals surface area (Å²) in [5, 5.41) is 5.51. The molecule has 1 atom stereocenters. The molecule has 1 fully saturated rings. The molecule has 0 bridgehead atoms. The molecule has 2 N–H and O–H groups in total. The van der Waals surface area contributed by atoms with Gasteiger partial charge in [-0.2, -0.15) is 0 Å². The van der Waals surface area contributed by atoms with Crippen molar-refractivity contribution < 1.29 is 18.0 Å². The molecule has 3 heterocycles. The number of amides is 2. The Morgan fingerprint density at radius 1 is 1.31 bits per heavy atom. The van der Waals surface area contributed by atoms with Crippen LogP contribution in [0.3, 0.4) is 0 Å². The van der Waals surface area contributed by atoms with Gasteiger partial charge in [0.05, 0.1) is 17.0 Å². The van der Waals surface area contributed by atoms with Gasteiger partial charge in [0, 0.05) is 18.8 Å². The van der Waals surface area contributed by atoms with Crippen molar-refractivity contribution in [3.63, 3.8) is 0 Å². The summed E-state index contributed by atoms with van der Waals surface area (Å²) in [5.41, 5.74) is 0.702. The number of aromatic nitrogens is 2. The summed E-state index contributed by atoms with van der Waals surface area (Å²) >= 11 is 0. The monoisotopic (exact) mass is 378 g/mol. The van der Waals surface area contributed by atoms with E-state index in [0.717, 1.165) is 0 Å². The minimum Gasteiger partial charge on any atom is -0.350 e. The van der Waals surface area contributed by atoms with Crippen molar-refractivity contribution in [2.45, 2.75) is 26.3 Å². The van der Waals surface area contributed by atoms with Gasteiger partial charge in [0.1, 0.15) is 0 Å². The Morgan fingerprint density at radius 2 is 2.08 bits per heavy atom. The average molecular weight is 378 g/mol. The van der Waals surface area contributed by atoms with Gasteiger partial charge in [-0.15, -0.1) is 0 Å². The molecule has 26 heavy (non-hydrogen) atoms. The zero-order chi connectivity index (χ0) is 18.9.